The molecule has 1 fully saturated rings. The van der Waals surface area contributed by atoms with Gasteiger partial charge in [-0.25, -0.2) is 4.98 Å². The van der Waals surface area contributed by atoms with Gasteiger partial charge in [0.25, 0.3) is 5.91 Å². The van der Waals surface area contributed by atoms with Gasteiger partial charge in [0.2, 0.25) is 0 Å². The second-order valence-electron chi connectivity index (χ2n) is 7.16. The Morgan fingerprint density at radius 3 is 3.04 bits per heavy atom. The average Bonchev–Trinajstić information content (AvgIpc) is 3.42. The van der Waals surface area contributed by atoms with Gasteiger partial charge < -0.3 is 9.64 Å². The predicted molar refractivity (Wildman–Crippen MR) is 103 cm³/mol. The Morgan fingerprint density at radius 1 is 1.30 bits per heavy atom. The fourth-order valence-electron chi connectivity index (χ4n) is 4.12. The lowest BCUT2D eigenvalue weighted by Gasteiger charge is -2.41. The van der Waals surface area contributed by atoms with Gasteiger partial charge in [-0.2, -0.15) is 5.10 Å². The van der Waals surface area contributed by atoms with Crippen LogP contribution in [0.25, 0.3) is 10.6 Å². The van der Waals surface area contributed by atoms with Crippen LogP contribution in [0.5, 0.6) is 0 Å². The number of aromatic nitrogens is 3. The van der Waals surface area contributed by atoms with Gasteiger partial charge >= 0.3 is 0 Å². The molecule has 1 atom stereocenters. The maximum Gasteiger partial charge on any atom is 0.265 e. The van der Waals surface area contributed by atoms with Crippen molar-refractivity contribution in [2.24, 2.45) is 7.05 Å². The number of nitrogens with zero attached hydrogens (tertiary/aromatic N) is 4. The summed E-state index contributed by atoms with van der Waals surface area (Å²) >= 11 is 1.42. The van der Waals surface area contributed by atoms with Crippen LogP contribution in [-0.4, -0.2) is 45.3 Å². The molecule has 1 aliphatic heterocycles. The van der Waals surface area contributed by atoms with Crippen LogP contribution < -0.4 is 0 Å². The molecule has 2 aliphatic rings. The van der Waals surface area contributed by atoms with Gasteiger partial charge in [-0.1, -0.05) is 24.3 Å². The molecular formula is C20H20N4O2S. The topological polar surface area (TPSA) is 60.2 Å². The quantitative estimate of drug-likeness (QED) is 0.686. The van der Waals surface area contributed by atoms with E-state index in [1.54, 1.807) is 17.1 Å². The van der Waals surface area contributed by atoms with Crippen molar-refractivity contribution in [1.82, 2.24) is 19.7 Å². The Labute approximate surface area is 161 Å². The number of fused-ring (bicyclic) bond motifs is 2. The van der Waals surface area contributed by atoms with Crippen LogP contribution in [0.2, 0.25) is 0 Å². The number of rotatable bonds is 2. The Morgan fingerprint density at radius 2 is 2.19 bits per heavy atom. The van der Waals surface area contributed by atoms with E-state index in [0.717, 1.165) is 23.4 Å². The summed E-state index contributed by atoms with van der Waals surface area (Å²) < 4.78 is 7.97. The SMILES string of the molecule is Cn1cc(-c2ncc(C(=O)N3CCOC4(CCc5ccccc54)C3)s2)cn1. The normalized spacial score (nSPS) is 21.6. The molecule has 138 valence electrons. The number of aryl methyl sites for hydroxylation is 2. The Hall–Kier alpha value is -2.51. The highest BCUT2D eigenvalue weighted by atomic mass is 32.1. The molecule has 1 unspecified atom stereocenters. The molecule has 0 radical (unpaired) electrons. The highest BCUT2D eigenvalue weighted by Gasteiger charge is 2.44. The second-order valence-corrected chi connectivity index (χ2v) is 8.19. The maximum atomic E-state index is 13.1. The van der Waals surface area contributed by atoms with Crippen molar-refractivity contribution in [2.75, 3.05) is 19.7 Å². The predicted octanol–water partition coefficient (Wildman–Crippen LogP) is 2.86. The summed E-state index contributed by atoms with van der Waals surface area (Å²) in [5.41, 5.74) is 3.15. The third-order valence-electron chi connectivity index (χ3n) is 5.45. The van der Waals surface area contributed by atoms with E-state index in [1.165, 1.54) is 22.5 Å². The summed E-state index contributed by atoms with van der Waals surface area (Å²) in [6.45, 7) is 1.78. The van der Waals surface area contributed by atoms with Crippen molar-refractivity contribution in [3.8, 4) is 10.6 Å². The minimum Gasteiger partial charge on any atom is -0.367 e. The molecular weight excluding hydrogens is 360 g/mol. The van der Waals surface area contributed by atoms with Gasteiger partial charge in [-0.3, -0.25) is 9.48 Å². The number of carbonyl (C=O) groups excluding carboxylic acids is 1. The molecule has 5 rings (SSSR count). The minimum absolute atomic E-state index is 0.0368. The van der Waals surface area contributed by atoms with Gasteiger partial charge in [-0.05, 0) is 24.0 Å². The van der Waals surface area contributed by atoms with E-state index < -0.39 is 0 Å². The van der Waals surface area contributed by atoms with E-state index in [4.69, 9.17) is 4.74 Å². The number of morpholine rings is 1. The number of benzene rings is 1. The first-order chi connectivity index (χ1) is 13.1. The van der Waals surface area contributed by atoms with Crippen molar-refractivity contribution < 1.29 is 9.53 Å². The summed E-state index contributed by atoms with van der Waals surface area (Å²) in [6, 6.07) is 8.43. The molecule has 27 heavy (non-hydrogen) atoms. The highest BCUT2D eigenvalue weighted by Crippen LogP contribution is 2.42. The average molecular weight is 380 g/mol. The van der Waals surface area contributed by atoms with Crippen molar-refractivity contribution in [3.63, 3.8) is 0 Å². The van der Waals surface area contributed by atoms with Crippen molar-refractivity contribution in [2.45, 2.75) is 18.4 Å². The molecule has 3 heterocycles. The van der Waals surface area contributed by atoms with Crippen molar-refractivity contribution >= 4 is 17.2 Å². The first-order valence-electron chi connectivity index (χ1n) is 9.11. The monoisotopic (exact) mass is 380 g/mol. The number of hydrogen-bond donors (Lipinski definition) is 0. The summed E-state index contributed by atoms with van der Waals surface area (Å²) in [5, 5.41) is 5.00. The lowest BCUT2D eigenvalue weighted by molar-refractivity contribution is -0.103. The van der Waals surface area contributed by atoms with E-state index in [0.29, 0.717) is 24.6 Å². The zero-order chi connectivity index (χ0) is 18.4. The van der Waals surface area contributed by atoms with E-state index in [2.05, 4.69) is 34.3 Å². The van der Waals surface area contributed by atoms with Gasteiger partial charge in [-0.15, -0.1) is 11.3 Å². The number of carbonyl (C=O) groups is 1. The first-order valence-corrected chi connectivity index (χ1v) is 9.93. The summed E-state index contributed by atoms with van der Waals surface area (Å²) in [5.74, 6) is 0.0368. The molecule has 0 bridgehead atoms. The Kier molecular flexibility index (Phi) is 3.87. The number of amides is 1. The molecule has 6 nitrogen and oxygen atoms in total. The van der Waals surface area contributed by atoms with E-state index in [1.807, 2.05) is 18.1 Å². The third kappa shape index (κ3) is 2.78. The van der Waals surface area contributed by atoms with Crippen molar-refractivity contribution in [3.05, 3.63) is 58.9 Å². The van der Waals surface area contributed by atoms with Crippen LogP contribution in [0.15, 0.2) is 42.9 Å². The fourth-order valence-corrected chi connectivity index (χ4v) is 4.98. The van der Waals surface area contributed by atoms with Gasteiger partial charge in [0.1, 0.15) is 15.5 Å². The summed E-state index contributed by atoms with van der Waals surface area (Å²) in [4.78, 5) is 20.1. The number of ether oxygens (including phenoxy) is 1. The van der Waals surface area contributed by atoms with Gasteiger partial charge in [0.05, 0.1) is 25.5 Å². The lowest BCUT2D eigenvalue weighted by Crippen LogP contribution is -2.50. The largest absolute Gasteiger partial charge is 0.367 e. The molecule has 0 saturated carbocycles. The second kappa shape index (κ2) is 6.28. The third-order valence-corrected chi connectivity index (χ3v) is 6.48. The van der Waals surface area contributed by atoms with Crippen LogP contribution in [0.3, 0.4) is 0 Å². The number of hydrogen-bond acceptors (Lipinski definition) is 5. The molecule has 1 aromatic carbocycles. The minimum atomic E-state index is -0.360. The molecule has 1 saturated heterocycles. The van der Waals surface area contributed by atoms with Gasteiger partial charge in [0.15, 0.2) is 0 Å². The highest BCUT2D eigenvalue weighted by molar-refractivity contribution is 7.16. The molecule has 1 spiro atoms. The first kappa shape index (κ1) is 16.6. The lowest BCUT2D eigenvalue weighted by atomic mass is 9.93. The zero-order valence-electron chi connectivity index (χ0n) is 15.1. The Bertz CT molecular complexity index is 1010. The summed E-state index contributed by atoms with van der Waals surface area (Å²) in [7, 11) is 1.87. The van der Waals surface area contributed by atoms with Crippen molar-refractivity contribution in [1.29, 1.82) is 0 Å². The van der Waals surface area contributed by atoms with Crippen LogP contribution in [-0.2, 0) is 23.8 Å². The molecule has 3 aromatic rings. The zero-order valence-corrected chi connectivity index (χ0v) is 15.9. The van der Waals surface area contributed by atoms with Crippen LogP contribution in [0, 0.1) is 0 Å². The molecule has 7 heteroatoms. The molecule has 1 aliphatic carbocycles. The fraction of sp³-hybridized carbons (Fsp3) is 0.350. The van der Waals surface area contributed by atoms with Crippen LogP contribution in [0.4, 0.5) is 0 Å². The van der Waals surface area contributed by atoms with Gasteiger partial charge in [0, 0.05) is 25.4 Å². The standard InChI is InChI=1S/C20H20N4O2S/c1-23-12-15(10-22-23)18-21-11-17(27-18)19(25)24-8-9-26-20(13-24)7-6-14-4-2-3-5-16(14)20/h2-5,10-12H,6-9,13H2,1H3. The molecule has 0 N–H and O–H groups in total. The number of thiazole rings is 1. The molecule has 1 amide bonds. The van der Waals surface area contributed by atoms with E-state index >= 15 is 0 Å². The molecule has 2 aromatic heterocycles. The van der Waals surface area contributed by atoms with E-state index in [9.17, 15) is 4.79 Å². The maximum absolute atomic E-state index is 13.1. The van der Waals surface area contributed by atoms with Crippen LogP contribution >= 0.6 is 11.3 Å². The van der Waals surface area contributed by atoms with Crippen LogP contribution in [0.1, 0.15) is 27.2 Å². The smallest absolute Gasteiger partial charge is 0.265 e. The van der Waals surface area contributed by atoms with E-state index in [-0.39, 0.29) is 11.5 Å². The Balaban J connectivity index is 1.39. The summed E-state index contributed by atoms with van der Waals surface area (Å²) in [6.07, 6.45) is 7.29.